The standard InChI is InChI=1S/C12H16FNO3S/c1-9(5-7-18)4-6-17-12-8-10(13)2-3-11(12)14(15)16/h2-3,8-9,18H,4-7H2,1H3. The van der Waals surface area contributed by atoms with E-state index in [0.717, 1.165) is 36.8 Å². The fraction of sp³-hybridized carbons (Fsp3) is 0.500. The Morgan fingerprint density at radius 2 is 2.22 bits per heavy atom. The van der Waals surface area contributed by atoms with Crippen LogP contribution in [0.15, 0.2) is 18.2 Å². The summed E-state index contributed by atoms with van der Waals surface area (Å²) in [6.07, 6.45) is 1.71. The minimum Gasteiger partial charge on any atom is -0.487 e. The van der Waals surface area contributed by atoms with Crippen LogP contribution in [-0.4, -0.2) is 17.3 Å². The van der Waals surface area contributed by atoms with Crippen LogP contribution in [0.4, 0.5) is 10.1 Å². The summed E-state index contributed by atoms with van der Waals surface area (Å²) in [6.45, 7) is 2.39. The molecule has 0 aliphatic carbocycles. The molecule has 6 heteroatoms. The lowest BCUT2D eigenvalue weighted by Crippen LogP contribution is -2.06. The predicted molar refractivity (Wildman–Crippen MR) is 70.8 cm³/mol. The molecule has 0 saturated carbocycles. The first kappa shape index (κ1) is 14.8. The summed E-state index contributed by atoms with van der Waals surface area (Å²) in [5.74, 6) is 0.661. The smallest absolute Gasteiger partial charge is 0.311 e. The predicted octanol–water partition coefficient (Wildman–Crippen LogP) is 3.46. The van der Waals surface area contributed by atoms with E-state index in [2.05, 4.69) is 19.6 Å². The number of benzene rings is 1. The molecule has 0 N–H and O–H groups in total. The first-order chi connectivity index (χ1) is 8.54. The monoisotopic (exact) mass is 273 g/mol. The van der Waals surface area contributed by atoms with Crippen LogP contribution in [0.2, 0.25) is 0 Å². The third-order valence-corrected chi connectivity index (χ3v) is 2.87. The third kappa shape index (κ3) is 4.52. The zero-order valence-electron chi connectivity index (χ0n) is 10.1. The number of halogens is 1. The summed E-state index contributed by atoms with van der Waals surface area (Å²) in [5, 5.41) is 10.7. The van der Waals surface area contributed by atoms with Crippen LogP contribution < -0.4 is 4.74 Å². The summed E-state index contributed by atoms with van der Waals surface area (Å²) in [7, 11) is 0. The molecular weight excluding hydrogens is 257 g/mol. The number of rotatable bonds is 7. The SMILES string of the molecule is CC(CCS)CCOc1cc(F)ccc1[N+](=O)[O-]. The second-order valence-corrected chi connectivity index (χ2v) is 4.57. The highest BCUT2D eigenvalue weighted by Crippen LogP contribution is 2.27. The van der Waals surface area contributed by atoms with Crippen LogP contribution in [0, 0.1) is 21.8 Å². The maximum absolute atomic E-state index is 13.0. The zero-order valence-corrected chi connectivity index (χ0v) is 11.0. The summed E-state index contributed by atoms with van der Waals surface area (Å²) >= 11 is 4.13. The lowest BCUT2D eigenvalue weighted by molar-refractivity contribution is -0.385. The van der Waals surface area contributed by atoms with Gasteiger partial charge in [0.05, 0.1) is 11.5 Å². The van der Waals surface area contributed by atoms with E-state index in [1.807, 2.05) is 0 Å². The van der Waals surface area contributed by atoms with Gasteiger partial charge in [0.2, 0.25) is 0 Å². The summed E-state index contributed by atoms with van der Waals surface area (Å²) in [6, 6.07) is 3.21. The number of ether oxygens (including phenoxy) is 1. The van der Waals surface area contributed by atoms with E-state index in [9.17, 15) is 14.5 Å². The van der Waals surface area contributed by atoms with Crippen LogP contribution >= 0.6 is 12.6 Å². The van der Waals surface area contributed by atoms with E-state index < -0.39 is 10.7 Å². The lowest BCUT2D eigenvalue weighted by atomic mass is 10.1. The Hall–Kier alpha value is -1.30. The molecule has 0 fully saturated rings. The summed E-state index contributed by atoms with van der Waals surface area (Å²) in [4.78, 5) is 10.1. The Morgan fingerprint density at radius 1 is 1.50 bits per heavy atom. The number of hydrogen-bond donors (Lipinski definition) is 1. The molecule has 1 rings (SSSR count). The van der Waals surface area contributed by atoms with Crippen LogP contribution in [0.5, 0.6) is 5.75 Å². The number of hydrogen-bond acceptors (Lipinski definition) is 4. The van der Waals surface area contributed by atoms with E-state index in [4.69, 9.17) is 4.74 Å². The van der Waals surface area contributed by atoms with Gasteiger partial charge in [-0.25, -0.2) is 4.39 Å². The highest BCUT2D eigenvalue weighted by molar-refractivity contribution is 7.80. The summed E-state index contributed by atoms with van der Waals surface area (Å²) < 4.78 is 18.3. The molecule has 0 bridgehead atoms. The molecule has 1 aromatic rings. The Bertz CT molecular complexity index is 414. The molecule has 0 amide bonds. The molecule has 0 radical (unpaired) electrons. The van der Waals surface area contributed by atoms with Gasteiger partial charge < -0.3 is 4.74 Å². The fourth-order valence-electron chi connectivity index (χ4n) is 1.49. The number of nitrogens with zero attached hydrogens (tertiary/aromatic N) is 1. The second kappa shape index (κ2) is 7.20. The Kier molecular flexibility index (Phi) is 5.91. The molecule has 0 spiro atoms. The van der Waals surface area contributed by atoms with Crippen LogP contribution in [0.3, 0.4) is 0 Å². The van der Waals surface area contributed by atoms with Crippen LogP contribution in [0.1, 0.15) is 19.8 Å². The van der Waals surface area contributed by atoms with E-state index in [-0.39, 0.29) is 11.4 Å². The molecule has 100 valence electrons. The molecule has 0 saturated heterocycles. The number of nitro benzene ring substituents is 1. The normalized spacial score (nSPS) is 12.2. The van der Waals surface area contributed by atoms with Crippen molar-refractivity contribution in [2.75, 3.05) is 12.4 Å². The first-order valence-corrected chi connectivity index (χ1v) is 6.35. The van der Waals surface area contributed by atoms with Gasteiger partial charge in [-0.05, 0) is 30.6 Å². The molecule has 0 aliphatic heterocycles. The van der Waals surface area contributed by atoms with E-state index in [1.165, 1.54) is 0 Å². The van der Waals surface area contributed by atoms with Gasteiger partial charge in [0.1, 0.15) is 5.82 Å². The minimum atomic E-state index is -0.577. The Balaban J connectivity index is 2.60. The Labute approximate surface area is 111 Å². The number of thiol groups is 1. The topological polar surface area (TPSA) is 52.4 Å². The largest absolute Gasteiger partial charge is 0.487 e. The average molecular weight is 273 g/mol. The van der Waals surface area contributed by atoms with Crippen molar-refractivity contribution >= 4 is 18.3 Å². The zero-order chi connectivity index (χ0) is 13.5. The average Bonchev–Trinajstić information content (AvgIpc) is 2.29. The molecular formula is C12H16FNO3S. The molecule has 0 aromatic heterocycles. The molecule has 0 heterocycles. The van der Waals surface area contributed by atoms with Gasteiger partial charge in [-0.3, -0.25) is 10.1 Å². The molecule has 18 heavy (non-hydrogen) atoms. The van der Waals surface area contributed by atoms with Crippen molar-refractivity contribution in [3.05, 3.63) is 34.1 Å². The minimum absolute atomic E-state index is 0.0157. The molecule has 1 unspecified atom stereocenters. The van der Waals surface area contributed by atoms with Crippen molar-refractivity contribution in [2.24, 2.45) is 5.92 Å². The van der Waals surface area contributed by atoms with E-state index in [0.29, 0.717) is 12.5 Å². The van der Waals surface area contributed by atoms with Gasteiger partial charge in [-0.2, -0.15) is 12.6 Å². The van der Waals surface area contributed by atoms with Gasteiger partial charge in [-0.1, -0.05) is 6.92 Å². The maximum atomic E-state index is 13.0. The van der Waals surface area contributed by atoms with Crippen molar-refractivity contribution in [1.82, 2.24) is 0 Å². The first-order valence-electron chi connectivity index (χ1n) is 5.72. The molecule has 1 atom stereocenters. The summed E-state index contributed by atoms with van der Waals surface area (Å²) in [5.41, 5.74) is -0.210. The molecule has 4 nitrogen and oxygen atoms in total. The highest BCUT2D eigenvalue weighted by Gasteiger charge is 2.16. The van der Waals surface area contributed by atoms with Crippen molar-refractivity contribution < 1.29 is 14.1 Å². The maximum Gasteiger partial charge on any atom is 0.311 e. The fourth-order valence-corrected chi connectivity index (χ4v) is 1.93. The number of nitro groups is 1. The molecule has 1 aromatic carbocycles. The van der Waals surface area contributed by atoms with Gasteiger partial charge in [0, 0.05) is 12.1 Å². The van der Waals surface area contributed by atoms with Crippen LogP contribution in [0.25, 0.3) is 0 Å². The van der Waals surface area contributed by atoms with E-state index >= 15 is 0 Å². The van der Waals surface area contributed by atoms with Gasteiger partial charge in [0.15, 0.2) is 5.75 Å². The second-order valence-electron chi connectivity index (χ2n) is 4.12. The van der Waals surface area contributed by atoms with Crippen molar-refractivity contribution in [1.29, 1.82) is 0 Å². The Morgan fingerprint density at radius 3 is 2.83 bits per heavy atom. The lowest BCUT2D eigenvalue weighted by Gasteiger charge is -2.11. The van der Waals surface area contributed by atoms with Crippen molar-refractivity contribution in [2.45, 2.75) is 19.8 Å². The third-order valence-electron chi connectivity index (χ3n) is 2.61. The van der Waals surface area contributed by atoms with Gasteiger partial charge in [0.25, 0.3) is 0 Å². The van der Waals surface area contributed by atoms with Gasteiger partial charge >= 0.3 is 5.69 Å². The van der Waals surface area contributed by atoms with Crippen molar-refractivity contribution in [3.63, 3.8) is 0 Å². The van der Waals surface area contributed by atoms with E-state index in [1.54, 1.807) is 0 Å². The quantitative estimate of drug-likeness (QED) is 0.470. The highest BCUT2D eigenvalue weighted by atomic mass is 32.1. The molecule has 0 aliphatic rings. The van der Waals surface area contributed by atoms with Crippen molar-refractivity contribution in [3.8, 4) is 5.75 Å². The van der Waals surface area contributed by atoms with Crippen LogP contribution in [-0.2, 0) is 0 Å². The van der Waals surface area contributed by atoms with Gasteiger partial charge in [-0.15, -0.1) is 0 Å².